The van der Waals surface area contributed by atoms with E-state index in [1.54, 1.807) is 0 Å². The minimum Gasteiger partial charge on any atom is -0.311 e. The second-order valence-corrected chi connectivity index (χ2v) is 6.35. The molecule has 0 unspecified atom stereocenters. The first-order valence-electron chi connectivity index (χ1n) is 8.25. The van der Waals surface area contributed by atoms with E-state index in [0.717, 1.165) is 29.3 Å². The molecule has 0 saturated heterocycles. The van der Waals surface area contributed by atoms with Gasteiger partial charge in [-0.2, -0.15) is 0 Å². The van der Waals surface area contributed by atoms with Crippen LogP contribution in [0.2, 0.25) is 0 Å². The number of carbonyl (C=O) groups excluding carboxylic acids is 1. The summed E-state index contributed by atoms with van der Waals surface area (Å²) in [5, 5.41) is 3.90. The van der Waals surface area contributed by atoms with Crippen LogP contribution >= 0.6 is 0 Å². The van der Waals surface area contributed by atoms with Crippen molar-refractivity contribution in [1.82, 2.24) is 4.98 Å². The van der Waals surface area contributed by atoms with Crippen molar-refractivity contribution in [2.45, 2.75) is 33.6 Å². The third-order valence-electron chi connectivity index (χ3n) is 4.17. The molecule has 1 aromatic heterocycles. The van der Waals surface area contributed by atoms with E-state index in [9.17, 15) is 4.79 Å². The van der Waals surface area contributed by atoms with Gasteiger partial charge in [0.05, 0.1) is 5.52 Å². The molecule has 0 radical (unpaired) electrons. The Morgan fingerprint density at radius 2 is 1.75 bits per heavy atom. The summed E-state index contributed by atoms with van der Waals surface area (Å²) in [6.07, 6.45) is 1.99. The molecule has 0 aliphatic rings. The van der Waals surface area contributed by atoms with Gasteiger partial charge in [0.2, 0.25) is 5.91 Å². The maximum Gasteiger partial charge on any atom is 0.222 e. The highest BCUT2D eigenvalue weighted by Gasteiger charge is 2.06. The van der Waals surface area contributed by atoms with Crippen molar-refractivity contribution in [2.24, 2.45) is 0 Å². The Morgan fingerprint density at radius 1 is 1.00 bits per heavy atom. The summed E-state index contributed by atoms with van der Waals surface area (Å²) in [5.41, 5.74) is 5.96. The number of fused-ring (bicyclic) bond motifs is 1. The summed E-state index contributed by atoms with van der Waals surface area (Å²) in [4.78, 5) is 15.8. The average Bonchev–Trinajstić information content (AvgIpc) is 2.52. The van der Waals surface area contributed by atoms with Gasteiger partial charge >= 0.3 is 0 Å². The molecule has 3 aromatic rings. The van der Waals surface area contributed by atoms with Gasteiger partial charge in [-0.25, -0.2) is 4.98 Å². The van der Waals surface area contributed by atoms with Crippen LogP contribution in [-0.2, 0) is 17.6 Å². The fraction of sp³-hybridized carbons (Fsp3) is 0.238. The van der Waals surface area contributed by atoms with Crippen LogP contribution in [0, 0.1) is 13.8 Å². The minimum atomic E-state index is -0.100. The number of aryl methyl sites for hydroxylation is 4. The maximum atomic E-state index is 11.3. The first kappa shape index (κ1) is 16.2. The number of aromatic nitrogens is 1. The molecule has 0 aliphatic carbocycles. The van der Waals surface area contributed by atoms with E-state index in [0.29, 0.717) is 5.82 Å². The van der Waals surface area contributed by atoms with Gasteiger partial charge in [-0.1, -0.05) is 42.0 Å². The van der Waals surface area contributed by atoms with Crippen LogP contribution < -0.4 is 5.32 Å². The van der Waals surface area contributed by atoms with Gasteiger partial charge in [-0.3, -0.25) is 4.79 Å². The number of hydrogen-bond donors (Lipinski definition) is 1. The van der Waals surface area contributed by atoms with Gasteiger partial charge in [0.25, 0.3) is 0 Å². The van der Waals surface area contributed by atoms with Gasteiger partial charge < -0.3 is 5.32 Å². The van der Waals surface area contributed by atoms with E-state index in [1.807, 2.05) is 13.0 Å². The van der Waals surface area contributed by atoms with Crippen molar-refractivity contribution >= 4 is 22.6 Å². The summed E-state index contributed by atoms with van der Waals surface area (Å²) in [5.74, 6) is 0.514. The molecule has 1 amide bonds. The van der Waals surface area contributed by atoms with E-state index in [2.05, 4.69) is 59.7 Å². The molecular formula is C21H22N2O. The normalized spacial score (nSPS) is 10.8. The van der Waals surface area contributed by atoms with Crippen LogP contribution in [0.3, 0.4) is 0 Å². The molecule has 122 valence electrons. The van der Waals surface area contributed by atoms with Crippen molar-refractivity contribution in [3.8, 4) is 0 Å². The molecule has 0 spiro atoms. The molecule has 0 bridgehead atoms. The van der Waals surface area contributed by atoms with Crippen molar-refractivity contribution in [3.05, 3.63) is 70.8 Å². The standard InChI is InChI=1S/C21H22N2O/c1-14-5-4-6-17(11-14)7-8-18-9-10-19-15(2)12-21(22-16(3)24)23-20(19)13-18/h4-6,9-13H,7-8H2,1-3H3,(H,22,23,24). The predicted octanol–water partition coefficient (Wildman–Crippen LogP) is 4.60. The van der Waals surface area contributed by atoms with E-state index in [1.165, 1.54) is 23.6 Å². The van der Waals surface area contributed by atoms with Gasteiger partial charge in [0.1, 0.15) is 5.82 Å². The molecule has 0 fully saturated rings. The van der Waals surface area contributed by atoms with Crippen molar-refractivity contribution in [1.29, 1.82) is 0 Å². The number of amides is 1. The quantitative estimate of drug-likeness (QED) is 0.764. The largest absolute Gasteiger partial charge is 0.311 e. The molecule has 0 saturated carbocycles. The first-order valence-corrected chi connectivity index (χ1v) is 8.25. The summed E-state index contributed by atoms with van der Waals surface area (Å²) in [6, 6.07) is 17.0. The molecule has 1 N–H and O–H groups in total. The highest BCUT2D eigenvalue weighted by atomic mass is 16.1. The SMILES string of the molecule is CC(=O)Nc1cc(C)c2ccc(CCc3cccc(C)c3)cc2n1. The lowest BCUT2D eigenvalue weighted by molar-refractivity contribution is -0.114. The number of anilines is 1. The van der Waals surface area contributed by atoms with Crippen molar-refractivity contribution in [2.75, 3.05) is 5.32 Å². The highest BCUT2D eigenvalue weighted by molar-refractivity contribution is 5.91. The van der Waals surface area contributed by atoms with Crippen LogP contribution in [0.1, 0.15) is 29.2 Å². The second kappa shape index (κ2) is 6.83. The van der Waals surface area contributed by atoms with Crippen LogP contribution in [-0.4, -0.2) is 10.9 Å². The van der Waals surface area contributed by atoms with Crippen LogP contribution in [0.25, 0.3) is 10.9 Å². The minimum absolute atomic E-state index is 0.100. The molecular weight excluding hydrogens is 296 g/mol. The number of rotatable bonds is 4. The lowest BCUT2D eigenvalue weighted by atomic mass is 10.0. The molecule has 1 heterocycles. The number of nitrogens with zero attached hydrogens (tertiary/aromatic N) is 1. The zero-order valence-corrected chi connectivity index (χ0v) is 14.4. The Labute approximate surface area is 142 Å². The lowest BCUT2D eigenvalue weighted by Crippen LogP contribution is -2.07. The van der Waals surface area contributed by atoms with Gasteiger partial charge in [0, 0.05) is 12.3 Å². The first-order chi connectivity index (χ1) is 11.5. The fourth-order valence-corrected chi connectivity index (χ4v) is 3.00. The summed E-state index contributed by atoms with van der Waals surface area (Å²) in [7, 11) is 0. The molecule has 0 atom stereocenters. The van der Waals surface area contributed by atoms with Gasteiger partial charge in [-0.15, -0.1) is 0 Å². The Hall–Kier alpha value is -2.68. The molecule has 24 heavy (non-hydrogen) atoms. The Balaban J connectivity index is 1.85. The Kier molecular flexibility index (Phi) is 4.61. The number of carbonyl (C=O) groups is 1. The third-order valence-corrected chi connectivity index (χ3v) is 4.17. The van der Waals surface area contributed by atoms with E-state index in [-0.39, 0.29) is 5.91 Å². The van der Waals surface area contributed by atoms with Gasteiger partial charge in [-0.05, 0) is 55.5 Å². The van der Waals surface area contributed by atoms with Crippen LogP contribution in [0.4, 0.5) is 5.82 Å². The molecule has 2 aromatic carbocycles. The van der Waals surface area contributed by atoms with Crippen molar-refractivity contribution in [3.63, 3.8) is 0 Å². The number of nitrogens with one attached hydrogen (secondary N) is 1. The van der Waals surface area contributed by atoms with Crippen molar-refractivity contribution < 1.29 is 4.79 Å². The second-order valence-electron chi connectivity index (χ2n) is 6.35. The predicted molar refractivity (Wildman–Crippen MR) is 99.4 cm³/mol. The molecule has 3 heteroatoms. The molecule has 0 aliphatic heterocycles. The molecule has 3 nitrogen and oxygen atoms in total. The topological polar surface area (TPSA) is 42.0 Å². The van der Waals surface area contributed by atoms with E-state index >= 15 is 0 Å². The summed E-state index contributed by atoms with van der Waals surface area (Å²) >= 11 is 0. The smallest absolute Gasteiger partial charge is 0.222 e. The summed E-state index contributed by atoms with van der Waals surface area (Å²) in [6.45, 7) is 5.66. The van der Waals surface area contributed by atoms with E-state index < -0.39 is 0 Å². The monoisotopic (exact) mass is 318 g/mol. The number of benzene rings is 2. The summed E-state index contributed by atoms with van der Waals surface area (Å²) < 4.78 is 0. The highest BCUT2D eigenvalue weighted by Crippen LogP contribution is 2.22. The Bertz CT molecular complexity index is 899. The van der Waals surface area contributed by atoms with Crippen LogP contribution in [0.5, 0.6) is 0 Å². The van der Waals surface area contributed by atoms with E-state index in [4.69, 9.17) is 0 Å². The number of hydrogen-bond acceptors (Lipinski definition) is 2. The maximum absolute atomic E-state index is 11.3. The van der Waals surface area contributed by atoms with Crippen LogP contribution in [0.15, 0.2) is 48.5 Å². The molecule has 3 rings (SSSR count). The average molecular weight is 318 g/mol. The van der Waals surface area contributed by atoms with Gasteiger partial charge in [0.15, 0.2) is 0 Å². The Morgan fingerprint density at radius 3 is 2.46 bits per heavy atom. The lowest BCUT2D eigenvalue weighted by Gasteiger charge is -2.09. The third kappa shape index (κ3) is 3.80. The number of pyridine rings is 1. The zero-order valence-electron chi connectivity index (χ0n) is 14.4. The fourth-order valence-electron chi connectivity index (χ4n) is 3.00. The zero-order chi connectivity index (χ0) is 17.1.